The van der Waals surface area contributed by atoms with Gasteiger partial charge in [-0.1, -0.05) is 48.5 Å². The van der Waals surface area contributed by atoms with Crippen LogP contribution in [0.15, 0.2) is 77.8 Å². The molecule has 0 aromatic heterocycles. The third-order valence-corrected chi connectivity index (χ3v) is 4.70. The molecule has 4 heteroatoms. The molecule has 1 unspecified atom stereocenters. The van der Waals surface area contributed by atoms with Crippen LogP contribution in [0.3, 0.4) is 0 Å². The van der Waals surface area contributed by atoms with Gasteiger partial charge in [-0.2, -0.15) is 0 Å². The van der Waals surface area contributed by atoms with Gasteiger partial charge in [0.25, 0.3) is 0 Å². The van der Waals surface area contributed by atoms with E-state index in [2.05, 4.69) is 23.5 Å². The number of ether oxygens (including phenoxy) is 1. The molecule has 0 saturated heterocycles. The molecule has 4 nitrogen and oxygen atoms in total. The van der Waals surface area contributed by atoms with Crippen LogP contribution in [0.4, 0.5) is 5.69 Å². The molecule has 1 aliphatic rings. The second-order valence-electron chi connectivity index (χ2n) is 6.47. The molecule has 1 heterocycles. The van der Waals surface area contributed by atoms with E-state index in [1.165, 1.54) is 0 Å². The Balaban J connectivity index is 1.94. The maximum absolute atomic E-state index is 12.4. The molecule has 1 amide bonds. The van der Waals surface area contributed by atoms with E-state index in [0.29, 0.717) is 0 Å². The quantitative estimate of drug-likeness (QED) is 0.749. The summed E-state index contributed by atoms with van der Waals surface area (Å²) in [6.45, 7) is 1.80. The Morgan fingerprint density at radius 1 is 0.889 bits per heavy atom. The first-order chi connectivity index (χ1) is 13.2. The minimum atomic E-state index is -0.488. The fraction of sp³-hybridized carbons (Fsp3) is 0.130. The van der Waals surface area contributed by atoms with Gasteiger partial charge in [-0.05, 0) is 42.3 Å². The number of hydrogen-bond donors (Lipinski definition) is 1. The highest BCUT2D eigenvalue weighted by Crippen LogP contribution is 2.32. The number of methoxy groups -OCH3 is 1. The van der Waals surface area contributed by atoms with Gasteiger partial charge in [0.15, 0.2) is 0 Å². The number of nitrogens with zero attached hydrogens (tertiary/aromatic N) is 1. The van der Waals surface area contributed by atoms with E-state index in [0.717, 1.165) is 39.4 Å². The summed E-state index contributed by atoms with van der Waals surface area (Å²) in [6.07, 6.45) is 0. The topological polar surface area (TPSA) is 50.7 Å². The predicted molar refractivity (Wildman–Crippen MR) is 109 cm³/mol. The van der Waals surface area contributed by atoms with Crippen LogP contribution in [0.25, 0.3) is 11.1 Å². The third kappa shape index (κ3) is 3.22. The van der Waals surface area contributed by atoms with Crippen LogP contribution in [0, 0.1) is 0 Å². The first kappa shape index (κ1) is 17.0. The Kier molecular flexibility index (Phi) is 4.47. The normalized spacial score (nSPS) is 16.0. The first-order valence-corrected chi connectivity index (χ1v) is 8.89. The molecule has 1 aliphatic heterocycles. The van der Waals surface area contributed by atoms with Gasteiger partial charge in [0.05, 0.1) is 18.5 Å². The van der Waals surface area contributed by atoms with Crippen molar-refractivity contribution in [2.45, 2.75) is 13.0 Å². The summed E-state index contributed by atoms with van der Waals surface area (Å²) in [4.78, 5) is 17.2. The van der Waals surface area contributed by atoms with Crippen molar-refractivity contribution in [2.24, 2.45) is 4.99 Å². The molecular formula is C23H20N2O2. The molecule has 0 aliphatic carbocycles. The largest absolute Gasteiger partial charge is 0.496 e. The van der Waals surface area contributed by atoms with Gasteiger partial charge in [-0.25, -0.2) is 0 Å². The van der Waals surface area contributed by atoms with Crippen LogP contribution in [0.1, 0.15) is 18.1 Å². The number of amides is 1. The zero-order valence-electron chi connectivity index (χ0n) is 15.3. The number of carbonyl (C=O) groups is 1. The molecule has 0 saturated carbocycles. The number of aliphatic imine (C=N–C) groups is 1. The van der Waals surface area contributed by atoms with Gasteiger partial charge >= 0.3 is 0 Å². The van der Waals surface area contributed by atoms with Crippen molar-refractivity contribution >= 4 is 17.3 Å². The van der Waals surface area contributed by atoms with Crippen LogP contribution < -0.4 is 10.1 Å². The molecule has 0 fully saturated rings. The third-order valence-electron chi connectivity index (χ3n) is 4.70. The lowest BCUT2D eigenvalue weighted by atomic mass is 9.95. The summed E-state index contributed by atoms with van der Waals surface area (Å²) in [6, 6.07) is 23.5. The van der Waals surface area contributed by atoms with Crippen molar-refractivity contribution in [3.05, 3.63) is 83.9 Å². The predicted octanol–water partition coefficient (Wildman–Crippen LogP) is 4.54. The zero-order valence-corrected chi connectivity index (χ0v) is 15.3. The van der Waals surface area contributed by atoms with E-state index in [1.807, 2.05) is 54.6 Å². The highest BCUT2D eigenvalue weighted by atomic mass is 16.5. The number of hydrogen-bond acceptors (Lipinski definition) is 3. The Hall–Kier alpha value is -3.40. The number of para-hydroxylation sites is 1. The molecule has 3 aromatic rings. The van der Waals surface area contributed by atoms with Crippen molar-refractivity contribution in [3.8, 4) is 16.9 Å². The summed E-state index contributed by atoms with van der Waals surface area (Å²) in [5.74, 6) is 0.613. The average Bonchev–Trinajstić information content (AvgIpc) is 2.84. The fourth-order valence-corrected chi connectivity index (χ4v) is 3.27. The van der Waals surface area contributed by atoms with E-state index in [9.17, 15) is 4.79 Å². The second kappa shape index (κ2) is 7.08. The van der Waals surface area contributed by atoms with Gasteiger partial charge in [0.1, 0.15) is 11.8 Å². The summed E-state index contributed by atoms with van der Waals surface area (Å²) in [5, 5.41) is 2.99. The van der Waals surface area contributed by atoms with Crippen LogP contribution >= 0.6 is 0 Å². The van der Waals surface area contributed by atoms with E-state index >= 15 is 0 Å². The van der Waals surface area contributed by atoms with Crippen molar-refractivity contribution in [1.82, 2.24) is 0 Å². The van der Waals surface area contributed by atoms with Gasteiger partial charge in [0, 0.05) is 11.1 Å². The number of benzodiazepines with no additional fused rings is 1. The number of rotatable bonds is 3. The fourth-order valence-electron chi connectivity index (χ4n) is 3.27. The molecule has 1 N–H and O–H groups in total. The van der Waals surface area contributed by atoms with Gasteiger partial charge in [0.2, 0.25) is 5.91 Å². The Morgan fingerprint density at radius 3 is 2.41 bits per heavy atom. The van der Waals surface area contributed by atoms with E-state index < -0.39 is 6.04 Å². The molecular weight excluding hydrogens is 336 g/mol. The van der Waals surface area contributed by atoms with Crippen LogP contribution in [-0.4, -0.2) is 24.8 Å². The molecule has 4 rings (SSSR count). The summed E-state index contributed by atoms with van der Waals surface area (Å²) in [7, 11) is 1.64. The van der Waals surface area contributed by atoms with Crippen LogP contribution in [-0.2, 0) is 4.79 Å². The standard InChI is InChI=1S/C23H20N2O2/c1-15-23(26)25-20-13-12-17(16-8-4-3-5-9-16)14-19(20)22(24-15)18-10-6-7-11-21(18)27-2/h3-15H,1-2H3,(H,25,26). The molecule has 3 aromatic carbocycles. The Labute approximate surface area is 158 Å². The molecule has 27 heavy (non-hydrogen) atoms. The highest BCUT2D eigenvalue weighted by molar-refractivity contribution is 6.21. The lowest BCUT2D eigenvalue weighted by molar-refractivity contribution is -0.116. The summed E-state index contributed by atoms with van der Waals surface area (Å²) < 4.78 is 5.55. The van der Waals surface area contributed by atoms with E-state index in [-0.39, 0.29) is 5.91 Å². The number of nitrogens with one attached hydrogen (secondary N) is 1. The van der Waals surface area contributed by atoms with Crippen molar-refractivity contribution in [3.63, 3.8) is 0 Å². The number of fused-ring (bicyclic) bond motifs is 1. The Morgan fingerprint density at radius 2 is 1.63 bits per heavy atom. The lowest BCUT2D eigenvalue weighted by Gasteiger charge is -2.14. The molecule has 0 radical (unpaired) electrons. The first-order valence-electron chi connectivity index (χ1n) is 8.89. The van der Waals surface area contributed by atoms with Gasteiger partial charge < -0.3 is 10.1 Å². The van der Waals surface area contributed by atoms with Gasteiger partial charge in [-0.3, -0.25) is 9.79 Å². The number of anilines is 1. The van der Waals surface area contributed by atoms with Crippen molar-refractivity contribution < 1.29 is 9.53 Å². The molecule has 1 atom stereocenters. The monoisotopic (exact) mass is 356 g/mol. The summed E-state index contributed by atoms with van der Waals surface area (Å²) >= 11 is 0. The highest BCUT2D eigenvalue weighted by Gasteiger charge is 2.24. The van der Waals surface area contributed by atoms with Crippen molar-refractivity contribution in [2.75, 3.05) is 12.4 Å². The average molecular weight is 356 g/mol. The number of carbonyl (C=O) groups excluding carboxylic acids is 1. The van der Waals surface area contributed by atoms with E-state index in [4.69, 9.17) is 9.73 Å². The van der Waals surface area contributed by atoms with Gasteiger partial charge in [-0.15, -0.1) is 0 Å². The van der Waals surface area contributed by atoms with E-state index in [1.54, 1.807) is 14.0 Å². The lowest BCUT2D eigenvalue weighted by Crippen LogP contribution is -2.22. The maximum atomic E-state index is 12.4. The molecule has 134 valence electrons. The smallest absolute Gasteiger partial charge is 0.248 e. The molecule has 0 bridgehead atoms. The second-order valence-corrected chi connectivity index (χ2v) is 6.47. The number of benzene rings is 3. The minimum absolute atomic E-state index is 0.117. The minimum Gasteiger partial charge on any atom is -0.496 e. The zero-order chi connectivity index (χ0) is 18.8. The maximum Gasteiger partial charge on any atom is 0.248 e. The SMILES string of the molecule is COc1ccccc1C1=NC(C)C(=O)Nc2ccc(-c3ccccc3)cc21. The van der Waals surface area contributed by atoms with Crippen molar-refractivity contribution in [1.29, 1.82) is 0 Å². The Bertz CT molecular complexity index is 1030. The summed E-state index contributed by atoms with van der Waals surface area (Å²) in [5.41, 5.74) is 5.46. The van der Waals surface area contributed by atoms with Crippen LogP contribution in [0.2, 0.25) is 0 Å². The van der Waals surface area contributed by atoms with Crippen LogP contribution in [0.5, 0.6) is 5.75 Å². The molecule has 0 spiro atoms.